The molecule has 1 aliphatic heterocycles. The van der Waals surface area contributed by atoms with E-state index < -0.39 is 0 Å². The number of nitrogens with zero attached hydrogens (tertiary/aromatic N) is 1. The summed E-state index contributed by atoms with van der Waals surface area (Å²) in [6.07, 6.45) is 1.02. The lowest BCUT2D eigenvalue weighted by Gasteiger charge is -2.29. The number of nitrogens with one attached hydrogen (secondary N) is 2. The fraction of sp³-hybridized carbons (Fsp3) is 0.700. The average molecular weight is 211 g/mol. The standard InChI is InChI=1S/C10H17N3S/c1-7(11-10-5-14-6-10)3-9-4-8(2)12-13-9/h4,7,10-11H,3,5-6H2,1-2H3,(H,12,13). The second kappa shape index (κ2) is 4.36. The summed E-state index contributed by atoms with van der Waals surface area (Å²) in [5.41, 5.74) is 2.31. The lowest BCUT2D eigenvalue weighted by Crippen LogP contribution is -2.45. The molecule has 78 valence electrons. The third-order valence-corrected chi connectivity index (χ3v) is 3.71. The van der Waals surface area contributed by atoms with Gasteiger partial charge in [0.05, 0.1) is 5.69 Å². The molecule has 0 aliphatic carbocycles. The van der Waals surface area contributed by atoms with Gasteiger partial charge in [-0.1, -0.05) is 0 Å². The highest BCUT2D eigenvalue weighted by molar-refractivity contribution is 8.00. The number of H-pyrrole nitrogens is 1. The van der Waals surface area contributed by atoms with E-state index in [4.69, 9.17) is 0 Å². The molecule has 2 rings (SSSR count). The molecule has 1 atom stereocenters. The molecule has 0 bridgehead atoms. The Morgan fingerprint density at radius 1 is 1.71 bits per heavy atom. The van der Waals surface area contributed by atoms with Crippen LogP contribution in [0.3, 0.4) is 0 Å². The molecule has 1 aliphatic rings. The van der Waals surface area contributed by atoms with Crippen LogP contribution in [0.25, 0.3) is 0 Å². The van der Waals surface area contributed by atoms with Crippen LogP contribution in [0.15, 0.2) is 6.07 Å². The molecule has 0 spiro atoms. The summed E-state index contributed by atoms with van der Waals surface area (Å²) in [5, 5.41) is 10.8. The lowest BCUT2D eigenvalue weighted by atomic mass is 10.1. The fourth-order valence-electron chi connectivity index (χ4n) is 1.69. The molecular formula is C10H17N3S. The van der Waals surface area contributed by atoms with E-state index in [1.54, 1.807) is 0 Å². The van der Waals surface area contributed by atoms with Gasteiger partial charge in [-0.05, 0) is 19.9 Å². The highest BCUT2D eigenvalue weighted by Gasteiger charge is 2.19. The number of aromatic amines is 1. The van der Waals surface area contributed by atoms with Crippen molar-refractivity contribution >= 4 is 11.8 Å². The van der Waals surface area contributed by atoms with Crippen molar-refractivity contribution in [1.29, 1.82) is 0 Å². The third-order valence-electron chi connectivity index (χ3n) is 2.43. The Morgan fingerprint density at radius 2 is 2.50 bits per heavy atom. The molecular weight excluding hydrogens is 194 g/mol. The SMILES string of the molecule is Cc1cc(CC(C)NC2CSC2)n[nH]1. The first-order chi connectivity index (χ1) is 6.74. The highest BCUT2D eigenvalue weighted by atomic mass is 32.2. The topological polar surface area (TPSA) is 40.7 Å². The van der Waals surface area contributed by atoms with Gasteiger partial charge in [-0.25, -0.2) is 0 Å². The van der Waals surface area contributed by atoms with Crippen LogP contribution in [0.5, 0.6) is 0 Å². The zero-order chi connectivity index (χ0) is 9.97. The summed E-state index contributed by atoms with van der Waals surface area (Å²) in [4.78, 5) is 0. The van der Waals surface area contributed by atoms with Crippen molar-refractivity contribution in [3.05, 3.63) is 17.5 Å². The van der Waals surface area contributed by atoms with E-state index in [1.807, 2.05) is 18.7 Å². The van der Waals surface area contributed by atoms with E-state index in [9.17, 15) is 0 Å². The molecule has 1 fully saturated rings. The number of hydrogen-bond donors (Lipinski definition) is 2. The van der Waals surface area contributed by atoms with Gasteiger partial charge in [0.25, 0.3) is 0 Å². The van der Waals surface area contributed by atoms with Gasteiger partial charge in [0.1, 0.15) is 0 Å². The Morgan fingerprint density at radius 3 is 3.00 bits per heavy atom. The predicted octanol–water partition coefficient (Wildman–Crippen LogP) is 1.35. The van der Waals surface area contributed by atoms with Gasteiger partial charge >= 0.3 is 0 Å². The predicted molar refractivity (Wildman–Crippen MR) is 60.7 cm³/mol. The van der Waals surface area contributed by atoms with Gasteiger partial charge < -0.3 is 5.32 Å². The zero-order valence-electron chi connectivity index (χ0n) is 8.71. The first kappa shape index (κ1) is 10.1. The molecule has 0 amide bonds. The minimum Gasteiger partial charge on any atom is -0.309 e. The Kier molecular flexibility index (Phi) is 3.13. The summed E-state index contributed by atoms with van der Waals surface area (Å²) in [5.74, 6) is 2.54. The monoisotopic (exact) mass is 211 g/mol. The van der Waals surface area contributed by atoms with Crippen molar-refractivity contribution in [1.82, 2.24) is 15.5 Å². The zero-order valence-corrected chi connectivity index (χ0v) is 9.53. The van der Waals surface area contributed by atoms with E-state index in [1.165, 1.54) is 11.5 Å². The van der Waals surface area contributed by atoms with Crippen LogP contribution in [-0.4, -0.2) is 33.8 Å². The van der Waals surface area contributed by atoms with Crippen molar-refractivity contribution in [2.45, 2.75) is 32.4 Å². The lowest BCUT2D eigenvalue weighted by molar-refractivity contribution is 0.481. The van der Waals surface area contributed by atoms with Crippen molar-refractivity contribution in [2.75, 3.05) is 11.5 Å². The van der Waals surface area contributed by atoms with E-state index in [-0.39, 0.29) is 0 Å². The molecule has 1 saturated heterocycles. The molecule has 0 aromatic carbocycles. The van der Waals surface area contributed by atoms with Crippen molar-refractivity contribution in [3.63, 3.8) is 0 Å². The molecule has 2 N–H and O–H groups in total. The van der Waals surface area contributed by atoms with E-state index >= 15 is 0 Å². The van der Waals surface area contributed by atoms with E-state index in [0.29, 0.717) is 6.04 Å². The summed E-state index contributed by atoms with van der Waals surface area (Å²) < 4.78 is 0. The Balaban J connectivity index is 1.78. The first-order valence-electron chi connectivity index (χ1n) is 5.08. The molecule has 3 nitrogen and oxygen atoms in total. The van der Waals surface area contributed by atoms with Crippen LogP contribution in [0.1, 0.15) is 18.3 Å². The molecule has 4 heteroatoms. The van der Waals surface area contributed by atoms with Crippen LogP contribution < -0.4 is 5.32 Å². The number of rotatable bonds is 4. The smallest absolute Gasteiger partial charge is 0.0640 e. The van der Waals surface area contributed by atoms with Crippen molar-refractivity contribution in [3.8, 4) is 0 Å². The maximum Gasteiger partial charge on any atom is 0.0640 e. The van der Waals surface area contributed by atoms with E-state index in [2.05, 4.69) is 28.5 Å². The maximum absolute atomic E-state index is 4.24. The Hall–Kier alpha value is -0.480. The summed E-state index contributed by atoms with van der Waals surface area (Å²) >= 11 is 2.01. The second-order valence-corrected chi connectivity index (χ2v) is 5.12. The van der Waals surface area contributed by atoms with Gasteiger partial charge in [0.2, 0.25) is 0 Å². The molecule has 2 heterocycles. The molecule has 1 aromatic rings. The van der Waals surface area contributed by atoms with E-state index in [0.717, 1.165) is 23.9 Å². The van der Waals surface area contributed by atoms with Gasteiger partial charge in [-0.2, -0.15) is 16.9 Å². The fourth-order valence-corrected chi connectivity index (χ4v) is 2.35. The van der Waals surface area contributed by atoms with Crippen LogP contribution in [0.4, 0.5) is 0 Å². The molecule has 14 heavy (non-hydrogen) atoms. The van der Waals surface area contributed by atoms with Crippen LogP contribution in [0, 0.1) is 6.92 Å². The van der Waals surface area contributed by atoms with Gasteiger partial charge in [-0.3, -0.25) is 5.10 Å². The summed E-state index contributed by atoms with van der Waals surface area (Å²) in [7, 11) is 0. The number of thioether (sulfide) groups is 1. The van der Waals surface area contributed by atoms with Crippen LogP contribution in [0.2, 0.25) is 0 Å². The first-order valence-corrected chi connectivity index (χ1v) is 6.24. The highest BCUT2D eigenvalue weighted by Crippen LogP contribution is 2.18. The van der Waals surface area contributed by atoms with Gasteiger partial charge in [-0.15, -0.1) is 0 Å². The van der Waals surface area contributed by atoms with Gasteiger partial charge in [0, 0.05) is 35.7 Å². The normalized spacial score (nSPS) is 19.3. The number of hydrogen-bond acceptors (Lipinski definition) is 3. The van der Waals surface area contributed by atoms with Crippen molar-refractivity contribution in [2.24, 2.45) is 0 Å². The average Bonchev–Trinajstić information content (AvgIpc) is 2.44. The number of aryl methyl sites for hydroxylation is 1. The largest absolute Gasteiger partial charge is 0.309 e. The summed E-state index contributed by atoms with van der Waals surface area (Å²) in [6, 6.07) is 3.38. The minimum absolute atomic E-state index is 0.531. The Labute approximate surface area is 89.1 Å². The molecule has 1 aromatic heterocycles. The number of aromatic nitrogens is 2. The van der Waals surface area contributed by atoms with Crippen molar-refractivity contribution < 1.29 is 0 Å². The van der Waals surface area contributed by atoms with Gasteiger partial charge in [0.15, 0.2) is 0 Å². The summed E-state index contributed by atoms with van der Waals surface area (Å²) in [6.45, 7) is 4.27. The van der Waals surface area contributed by atoms with Crippen LogP contribution >= 0.6 is 11.8 Å². The maximum atomic E-state index is 4.24. The second-order valence-electron chi connectivity index (χ2n) is 4.05. The molecule has 1 unspecified atom stereocenters. The quantitative estimate of drug-likeness (QED) is 0.790. The molecule has 0 radical (unpaired) electrons. The van der Waals surface area contributed by atoms with Crippen LogP contribution in [-0.2, 0) is 6.42 Å². The minimum atomic E-state index is 0.531. The third kappa shape index (κ3) is 2.51. The molecule has 0 saturated carbocycles. The Bertz CT molecular complexity index is 293.